The zero-order chi connectivity index (χ0) is 19.7. The minimum atomic E-state index is -0.515. The van der Waals surface area contributed by atoms with E-state index in [0.717, 1.165) is 41.4 Å². The van der Waals surface area contributed by atoms with Gasteiger partial charge in [-0.15, -0.1) is 15.3 Å². The number of hydrogen-bond donors (Lipinski definition) is 0. The molecule has 0 unspecified atom stereocenters. The average molecular weight is 380 g/mol. The van der Waals surface area contributed by atoms with Crippen molar-refractivity contribution in [1.82, 2.24) is 24.7 Å². The summed E-state index contributed by atoms with van der Waals surface area (Å²) in [5.41, 5.74) is 2.95. The fourth-order valence-electron chi connectivity index (χ4n) is 3.39. The molecule has 28 heavy (non-hydrogen) atoms. The number of carbonyl (C=O) groups is 1. The number of aryl methyl sites for hydroxylation is 1. The van der Waals surface area contributed by atoms with Gasteiger partial charge in [-0.05, 0) is 50.1 Å². The number of carbonyl (C=O) groups excluding carboxylic acids is 1. The Morgan fingerprint density at radius 3 is 2.68 bits per heavy atom. The van der Waals surface area contributed by atoms with Crippen molar-refractivity contribution >= 4 is 17.4 Å². The van der Waals surface area contributed by atoms with E-state index in [1.807, 2.05) is 56.0 Å². The quantitative estimate of drug-likeness (QED) is 0.688. The van der Waals surface area contributed by atoms with Crippen molar-refractivity contribution in [2.24, 2.45) is 0 Å². The number of ether oxygens (including phenoxy) is 1. The fourth-order valence-corrected chi connectivity index (χ4v) is 3.39. The Bertz CT molecular complexity index is 993. The highest BCUT2D eigenvalue weighted by atomic mass is 16.5. The Hall–Kier alpha value is -3.16. The molecule has 1 saturated heterocycles. The number of rotatable bonds is 4. The standard InChI is InChI=1S/C20H24N6O2/c1-14-5-4-6-17(15(14)2)28-16(3)20(27)25-11-9-24(10-12-25)19-8-7-18-22-21-13-26(18)23-19/h4-8,13,16H,9-12H2,1-3H3/t16-/m0/s1. The van der Waals surface area contributed by atoms with Gasteiger partial charge in [0.15, 0.2) is 11.8 Å². The molecule has 0 bridgehead atoms. The first-order valence-corrected chi connectivity index (χ1v) is 9.46. The summed E-state index contributed by atoms with van der Waals surface area (Å²) in [6.07, 6.45) is 1.07. The Labute approximate surface area is 163 Å². The molecule has 0 saturated carbocycles. The van der Waals surface area contributed by atoms with Gasteiger partial charge in [-0.1, -0.05) is 12.1 Å². The third-order valence-electron chi connectivity index (χ3n) is 5.27. The molecule has 0 radical (unpaired) electrons. The zero-order valence-electron chi connectivity index (χ0n) is 16.4. The summed E-state index contributed by atoms with van der Waals surface area (Å²) >= 11 is 0. The minimum absolute atomic E-state index is 0.0165. The van der Waals surface area contributed by atoms with Gasteiger partial charge in [0.2, 0.25) is 0 Å². The van der Waals surface area contributed by atoms with Crippen LogP contribution in [0.25, 0.3) is 5.65 Å². The van der Waals surface area contributed by atoms with Gasteiger partial charge in [-0.25, -0.2) is 0 Å². The maximum atomic E-state index is 12.8. The second-order valence-electron chi connectivity index (χ2n) is 7.10. The van der Waals surface area contributed by atoms with Crippen LogP contribution in [-0.4, -0.2) is 62.9 Å². The highest BCUT2D eigenvalue weighted by Gasteiger charge is 2.27. The molecule has 1 amide bonds. The second kappa shape index (κ2) is 7.46. The van der Waals surface area contributed by atoms with E-state index >= 15 is 0 Å². The van der Waals surface area contributed by atoms with Crippen LogP contribution in [0, 0.1) is 13.8 Å². The van der Waals surface area contributed by atoms with Crippen molar-refractivity contribution in [3.63, 3.8) is 0 Å². The van der Waals surface area contributed by atoms with E-state index in [2.05, 4.69) is 20.2 Å². The third kappa shape index (κ3) is 3.49. The monoisotopic (exact) mass is 380 g/mol. The number of nitrogens with zero attached hydrogens (tertiary/aromatic N) is 6. The van der Waals surface area contributed by atoms with Crippen LogP contribution in [-0.2, 0) is 4.79 Å². The van der Waals surface area contributed by atoms with Gasteiger partial charge < -0.3 is 14.5 Å². The van der Waals surface area contributed by atoms with Crippen LogP contribution in [0.5, 0.6) is 5.75 Å². The van der Waals surface area contributed by atoms with Gasteiger partial charge in [-0.3, -0.25) is 4.79 Å². The first kappa shape index (κ1) is 18.2. The molecule has 4 rings (SSSR count). The van der Waals surface area contributed by atoms with Crippen molar-refractivity contribution < 1.29 is 9.53 Å². The molecule has 146 valence electrons. The predicted octanol–water partition coefficient (Wildman–Crippen LogP) is 1.86. The van der Waals surface area contributed by atoms with E-state index in [9.17, 15) is 4.79 Å². The number of aromatic nitrogens is 4. The number of benzene rings is 1. The molecule has 0 N–H and O–H groups in total. The number of fused-ring (bicyclic) bond motifs is 1. The van der Waals surface area contributed by atoms with Crippen LogP contribution in [0.3, 0.4) is 0 Å². The van der Waals surface area contributed by atoms with Crippen LogP contribution in [0.4, 0.5) is 5.82 Å². The van der Waals surface area contributed by atoms with E-state index in [1.54, 1.807) is 10.8 Å². The molecule has 0 aliphatic carbocycles. The molecule has 3 aromatic rings. The van der Waals surface area contributed by atoms with Crippen LogP contribution in [0.1, 0.15) is 18.1 Å². The lowest BCUT2D eigenvalue weighted by molar-refractivity contribution is -0.138. The van der Waals surface area contributed by atoms with Crippen molar-refractivity contribution in [3.8, 4) is 5.75 Å². The molecule has 3 heterocycles. The number of amides is 1. The maximum absolute atomic E-state index is 12.8. The van der Waals surface area contributed by atoms with E-state index in [-0.39, 0.29) is 5.91 Å². The second-order valence-corrected chi connectivity index (χ2v) is 7.10. The van der Waals surface area contributed by atoms with Crippen LogP contribution < -0.4 is 9.64 Å². The average Bonchev–Trinajstić information content (AvgIpc) is 3.19. The molecule has 0 spiro atoms. The summed E-state index contributed by atoms with van der Waals surface area (Å²) in [6, 6.07) is 9.74. The number of anilines is 1. The van der Waals surface area contributed by atoms with Gasteiger partial charge in [0, 0.05) is 26.2 Å². The van der Waals surface area contributed by atoms with Gasteiger partial charge in [0.05, 0.1) is 0 Å². The molecule has 1 aliphatic rings. The van der Waals surface area contributed by atoms with Crippen molar-refractivity contribution in [1.29, 1.82) is 0 Å². The highest BCUT2D eigenvalue weighted by Crippen LogP contribution is 2.22. The van der Waals surface area contributed by atoms with E-state index < -0.39 is 6.10 Å². The predicted molar refractivity (Wildman–Crippen MR) is 106 cm³/mol. The zero-order valence-corrected chi connectivity index (χ0v) is 16.4. The highest BCUT2D eigenvalue weighted by molar-refractivity contribution is 5.81. The van der Waals surface area contributed by atoms with E-state index in [0.29, 0.717) is 13.1 Å². The molecular formula is C20H24N6O2. The summed E-state index contributed by atoms with van der Waals surface area (Å²) in [7, 11) is 0. The largest absolute Gasteiger partial charge is 0.481 e. The minimum Gasteiger partial charge on any atom is -0.481 e. The van der Waals surface area contributed by atoms with Gasteiger partial charge >= 0.3 is 0 Å². The molecule has 2 aromatic heterocycles. The van der Waals surface area contributed by atoms with E-state index in [1.165, 1.54) is 0 Å². The lowest BCUT2D eigenvalue weighted by Crippen LogP contribution is -2.52. The SMILES string of the molecule is Cc1cccc(O[C@@H](C)C(=O)N2CCN(c3ccc4nncn4n3)CC2)c1C. The van der Waals surface area contributed by atoms with Gasteiger partial charge in [0.1, 0.15) is 17.9 Å². The van der Waals surface area contributed by atoms with Crippen molar-refractivity contribution in [2.75, 3.05) is 31.1 Å². The molecular weight excluding hydrogens is 356 g/mol. The number of piperazine rings is 1. The fraction of sp³-hybridized carbons (Fsp3) is 0.400. The van der Waals surface area contributed by atoms with Crippen LogP contribution in [0.2, 0.25) is 0 Å². The third-order valence-corrected chi connectivity index (χ3v) is 5.27. The lowest BCUT2D eigenvalue weighted by Gasteiger charge is -2.36. The molecule has 1 fully saturated rings. The molecule has 1 aliphatic heterocycles. The summed E-state index contributed by atoms with van der Waals surface area (Å²) < 4.78 is 7.62. The van der Waals surface area contributed by atoms with Gasteiger partial charge in [0.25, 0.3) is 5.91 Å². The summed E-state index contributed by atoms with van der Waals surface area (Å²) in [5, 5.41) is 12.4. The molecule has 8 nitrogen and oxygen atoms in total. The molecule has 8 heteroatoms. The van der Waals surface area contributed by atoms with Crippen LogP contribution >= 0.6 is 0 Å². The first-order valence-electron chi connectivity index (χ1n) is 9.46. The Morgan fingerprint density at radius 2 is 1.89 bits per heavy atom. The Balaban J connectivity index is 1.37. The maximum Gasteiger partial charge on any atom is 0.263 e. The van der Waals surface area contributed by atoms with E-state index in [4.69, 9.17) is 4.74 Å². The lowest BCUT2D eigenvalue weighted by atomic mass is 10.1. The number of hydrogen-bond acceptors (Lipinski definition) is 6. The van der Waals surface area contributed by atoms with Crippen molar-refractivity contribution in [2.45, 2.75) is 26.9 Å². The van der Waals surface area contributed by atoms with Gasteiger partial charge in [-0.2, -0.15) is 4.52 Å². The molecule has 1 aromatic carbocycles. The summed E-state index contributed by atoms with van der Waals surface area (Å²) in [5.74, 6) is 1.65. The normalized spacial score (nSPS) is 15.7. The van der Waals surface area contributed by atoms with Crippen LogP contribution in [0.15, 0.2) is 36.7 Å². The summed E-state index contributed by atoms with van der Waals surface area (Å²) in [6.45, 7) is 8.60. The molecule has 1 atom stereocenters. The smallest absolute Gasteiger partial charge is 0.263 e. The Kier molecular flexibility index (Phi) is 4.85. The first-order chi connectivity index (χ1) is 13.5. The topological polar surface area (TPSA) is 75.9 Å². The van der Waals surface area contributed by atoms with Crippen molar-refractivity contribution in [3.05, 3.63) is 47.8 Å². The Morgan fingerprint density at radius 1 is 1.11 bits per heavy atom. The summed E-state index contributed by atoms with van der Waals surface area (Å²) in [4.78, 5) is 16.9.